The van der Waals surface area contributed by atoms with Crippen LogP contribution in [-0.4, -0.2) is 18.5 Å². The number of nitriles is 1. The average Bonchev–Trinajstić information content (AvgIpc) is 3.69. The molecule has 0 bridgehead atoms. The molecule has 0 spiro atoms. The molecule has 1 unspecified atom stereocenters. The zero-order chi connectivity index (χ0) is 25.3. The van der Waals surface area contributed by atoms with E-state index in [1.54, 1.807) is 24.3 Å². The summed E-state index contributed by atoms with van der Waals surface area (Å²) in [5, 5.41) is 19.9. The van der Waals surface area contributed by atoms with Crippen molar-refractivity contribution in [1.29, 1.82) is 5.26 Å². The van der Waals surface area contributed by atoms with E-state index in [9.17, 15) is 18.3 Å². The molecule has 1 atom stereocenters. The van der Waals surface area contributed by atoms with Crippen LogP contribution < -0.4 is 10.3 Å². The Balaban J connectivity index is 1.44. The molecule has 5 rings (SSSR count). The van der Waals surface area contributed by atoms with E-state index < -0.39 is 15.6 Å². The molecule has 0 amide bonds. The Bertz CT molecular complexity index is 1470. The highest BCUT2D eigenvalue weighted by atomic mass is 32.2. The van der Waals surface area contributed by atoms with Crippen LogP contribution in [0.2, 0.25) is 0 Å². The van der Waals surface area contributed by atoms with Crippen LogP contribution in [0.4, 0.5) is 5.69 Å². The van der Waals surface area contributed by atoms with Gasteiger partial charge in [0.25, 0.3) is 10.0 Å². The molecule has 186 valence electrons. The molecule has 2 heterocycles. The zero-order valence-electron chi connectivity index (χ0n) is 19.7. The number of fused-ring (bicyclic) bond motifs is 1. The Kier molecular flexibility index (Phi) is 6.54. The fourth-order valence-electron chi connectivity index (χ4n) is 4.97. The maximum atomic E-state index is 13.1. The van der Waals surface area contributed by atoms with Crippen LogP contribution >= 0.6 is 0 Å². The topological polar surface area (TPSA) is 133 Å². The second kappa shape index (κ2) is 9.78. The van der Waals surface area contributed by atoms with Gasteiger partial charge in [-0.3, -0.25) is 4.72 Å². The van der Waals surface area contributed by atoms with E-state index in [0.29, 0.717) is 29.9 Å². The van der Waals surface area contributed by atoms with E-state index in [4.69, 9.17) is 9.68 Å². The Morgan fingerprint density at radius 2 is 1.78 bits per heavy atom. The van der Waals surface area contributed by atoms with E-state index in [-0.39, 0.29) is 28.2 Å². The van der Waals surface area contributed by atoms with Gasteiger partial charge >= 0.3 is 5.63 Å². The minimum atomic E-state index is -3.93. The fraction of sp³-hybridized carbons (Fsp3) is 0.370. The predicted molar refractivity (Wildman–Crippen MR) is 133 cm³/mol. The number of benzene rings is 1. The highest BCUT2D eigenvalue weighted by molar-refractivity contribution is 7.92. The van der Waals surface area contributed by atoms with Crippen molar-refractivity contribution in [2.24, 2.45) is 5.92 Å². The van der Waals surface area contributed by atoms with Crippen molar-refractivity contribution < 1.29 is 17.9 Å². The molecule has 1 aromatic carbocycles. The van der Waals surface area contributed by atoms with E-state index in [2.05, 4.69) is 9.71 Å². The van der Waals surface area contributed by atoms with Crippen LogP contribution in [0.15, 0.2) is 56.8 Å². The molecule has 2 N–H and O–H groups in total. The summed E-state index contributed by atoms with van der Waals surface area (Å²) < 4.78 is 33.6. The molecule has 36 heavy (non-hydrogen) atoms. The van der Waals surface area contributed by atoms with E-state index in [0.717, 1.165) is 49.7 Å². The number of rotatable bonds is 6. The Labute approximate surface area is 209 Å². The first kappa shape index (κ1) is 24.1. The minimum absolute atomic E-state index is 0.0664. The van der Waals surface area contributed by atoms with Gasteiger partial charge in [-0.2, -0.15) is 13.7 Å². The molecule has 2 aliphatic rings. The summed E-state index contributed by atoms with van der Waals surface area (Å²) in [4.78, 5) is 16.9. The number of hydrogen-bond donors (Lipinski definition) is 2. The molecule has 0 aliphatic heterocycles. The Hall–Kier alpha value is -3.64. The smallest absolute Gasteiger partial charge is 0.343 e. The standard InChI is InChI=1S/C27H27N3O5S/c28-15-17-7-14-23(29-16-17)36(33,34)30-20-12-10-19(11-13-20)24(18-8-9-18)25-26(31)21-5-3-1-2-4-6-22(21)35-27(25)32/h7,10-14,16,18,24,30-31H,1-6,8-9H2. The molecule has 8 nitrogen and oxygen atoms in total. The monoisotopic (exact) mass is 505 g/mol. The first-order chi connectivity index (χ1) is 17.4. The summed E-state index contributed by atoms with van der Waals surface area (Å²) in [6, 6.07) is 11.4. The number of anilines is 1. The van der Waals surface area contributed by atoms with Crippen molar-refractivity contribution in [3.05, 3.63) is 81.0 Å². The summed E-state index contributed by atoms with van der Waals surface area (Å²) in [6.07, 6.45) is 8.52. The van der Waals surface area contributed by atoms with Gasteiger partial charge in [0, 0.05) is 29.8 Å². The summed E-state index contributed by atoms with van der Waals surface area (Å²) in [5.41, 5.74) is 2.02. The number of nitrogens with one attached hydrogen (secondary N) is 1. The van der Waals surface area contributed by atoms with Crippen molar-refractivity contribution in [2.75, 3.05) is 4.72 Å². The van der Waals surface area contributed by atoms with Crippen LogP contribution in [0, 0.1) is 17.2 Å². The molecule has 2 aromatic heterocycles. The number of aromatic nitrogens is 1. The van der Waals surface area contributed by atoms with Crippen molar-refractivity contribution >= 4 is 15.7 Å². The first-order valence-corrected chi connectivity index (χ1v) is 13.7. The highest BCUT2D eigenvalue weighted by Crippen LogP contribution is 2.48. The average molecular weight is 506 g/mol. The predicted octanol–water partition coefficient (Wildman–Crippen LogP) is 4.61. The van der Waals surface area contributed by atoms with Gasteiger partial charge in [0.2, 0.25) is 0 Å². The number of hydrogen-bond acceptors (Lipinski definition) is 7. The first-order valence-electron chi connectivity index (χ1n) is 12.2. The van der Waals surface area contributed by atoms with Gasteiger partial charge < -0.3 is 9.52 Å². The molecule has 1 fully saturated rings. The lowest BCUT2D eigenvalue weighted by atomic mass is 9.85. The maximum Gasteiger partial charge on any atom is 0.343 e. The van der Waals surface area contributed by atoms with Crippen LogP contribution in [-0.2, 0) is 22.9 Å². The van der Waals surface area contributed by atoms with Crippen molar-refractivity contribution in [3.63, 3.8) is 0 Å². The quantitative estimate of drug-likeness (QED) is 0.499. The lowest BCUT2D eigenvalue weighted by molar-refractivity contribution is 0.382. The van der Waals surface area contributed by atoms with E-state index in [1.807, 2.05) is 6.07 Å². The maximum absolute atomic E-state index is 13.1. The highest BCUT2D eigenvalue weighted by Gasteiger charge is 2.38. The molecule has 0 saturated heterocycles. The summed E-state index contributed by atoms with van der Waals surface area (Å²) >= 11 is 0. The molecule has 0 radical (unpaired) electrons. The Morgan fingerprint density at radius 1 is 1.06 bits per heavy atom. The van der Waals surface area contributed by atoms with E-state index >= 15 is 0 Å². The molecule has 2 aliphatic carbocycles. The molecule has 3 aromatic rings. The number of nitrogens with zero attached hydrogens (tertiary/aromatic N) is 2. The lowest BCUT2D eigenvalue weighted by Gasteiger charge is -2.21. The number of pyridine rings is 1. The number of aromatic hydroxyl groups is 1. The third kappa shape index (κ3) is 4.86. The molecular weight excluding hydrogens is 478 g/mol. The van der Waals surface area contributed by atoms with Gasteiger partial charge in [-0.25, -0.2) is 9.78 Å². The van der Waals surface area contributed by atoms with Crippen LogP contribution in [0.5, 0.6) is 5.75 Å². The summed E-state index contributed by atoms with van der Waals surface area (Å²) in [7, 11) is -3.93. The summed E-state index contributed by atoms with van der Waals surface area (Å²) in [6.45, 7) is 0. The minimum Gasteiger partial charge on any atom is -0.507 e. The fourth-order valence-corrected chi connectivity index (χ4v) is 5.96. The second-order valence-corrected chi connectivity index (χ2v) is 11.1. The Morgan fingerprint density at radius 3 is 2.42 bits per heavy atom. The van der Waals surface area contributed by atoms with Crippen molar-refractivity contribution in [3.8, 4) is 11.8 Å². The molecule has 1 saturated carbocycles. The van der Waals surface area contributed by atoms with Gasteiger partial charge in [-0.15, -0.1) is 0 Å². The zero-order valence-corrected chi connectivity index (χ0v) is 20.6. The van der Waals surface area contributed by atoms with Crippen LogP contribution in [0.1, 0.15) is 72.5 Å². The van der Waals surface area contributed by atoms with Gasteiger partial charge in [0.1, 0.15) is 17.6 Å². The largest absolute Gasteiger partial charge is 0.507 e. The van der Waals surface area contributed by atoms with E-state index in [1.165, 1.54) is 18.3 Å². The van der Waals surface area contributed by atoms with Crippen LogP contribution in [0.25, 0.3) is 0 Å². The normalized spacial score (nSPS) is 16.8. The number of sulfonamides is 1. The molecule has 9 heteroatoms. The third-order valence-corrected chi connectivity index (χ3v) is 8.26. The second-order valence-electron chi connectivity index (χ2n) is 9.51. The van der Waals surface area contributed by atoms with Crippen molar-refractivity contribution in [1.82, 2.24) is 4.98 Å². The van der Waals surface area contributed by atoms with Gasteiger partial charge in [0.15, 0.2) is 5.03 Å². The number of aryl methyl sites for hydroxylation is 1. The lowest BCUT2D eigenvalue weighted by Crippen LogP contribution is -2.19. The van der Waals surface area contributed by atoms with Gasteiger partial charge in [-0.05, 0) is 67.9 Å². The van der Waals surface area contributed by atoms with Crippen molar-refractivity contribution in [2.45, 2.75) is 62.3 Å². The van der Waals surface area contributed by atoms with Gasteiger partial charge in [0.05, 0.1) is 11.1 Å². The SMILES string of the molecule is N#Cc1ccc(S(=O)(=O)Nc2ccc(C(c3c(O)c4c(oc3=O)CCCCCC4)C3CC3)cc2)nc1. The molecular formula is C27H27N3O5S. The van der Waals surface area contributed by atoms with Gasteiger partial charge in [-0.1, -0.05) is 25.0 Å². The van der Waals surface area contributed by atoms with Crippen LogP contribution in [0.3, 0.4) is 0 Å². The third-order valence-electron chi connectivity index (χ3n) is 6.96. The summed E-state index contributed by atoms with van der Waals surface area (Å²) in [5.74, 6) is 0.576.